The minimum Gasteiger partial charge on any atom is -0.374 e. The maximum Gasteiger partial charge on any atom is 0.240 e. The molecule has 2 aromatic carbocycles. The molecule has 0 aliphatic carbocycles. The summed E-state index contributed by atoms with van der Waals surface area (Å²) in [6.45, 7) is 4.96. The number of benzene rings is 2. The van der Waals surface area contributed by atoms with Crippen molar-refractivity contribution in [1.29, 1.82) is 0 Å². The molecule has 0 bridgehead atoms. The number of carbonyl (C=O) groups excluding carboxylic acids is 1. The van der Waals surface area contributed by atoms with Gasteiger partial charge < -0.3 is 10.1 Å². The van der Waals surface area contributed by atoms with Gasteiger partial charge in [0.1, 0.15) is 0 Å². The topological polar surface area (TPSA) is 84.5 Å². The number of amides is 1. The summed E-state index contributed by atoms with van der Waals surface area (Å²) >= 11 is 0. The predicted octanol–water partition coefficient (Wildman–Crippen LogP) is 2.77. The van der Waals surface area contributed by atoms with Crippen molar-refractivity contribution in [2.24, 2.45) is 0 Å². The number of hydrogen-bond acceptors (Lipinski definition) is 4. The normalized spacial score (nSPS) is 11.6. The largest absolute Gasteiger partial charge is 0.374 e. The Morgan fingerprint density at radius 1 is 1.04 bits per heavy atom. The Balaban J connectivity index is 1.85. The van der Waals surface area contributed by atoms with Gasteiger partial charge in [-0.15, -0.1) is 0 Å². The lowest BCUT2D eigenvalue weighted by Gasteiger charge is -2.13. The van der Waals surface area contributed by atoms with Crippen LogP contribution in [0.3, 0.4) is 0 Å². The third kappa shape index (κ3) is 6.74. The molecule has 1 amide bonds. The summed E-state index contributed by atoms with van der Waals surface area (Å²) in [6, 6.07) is 14.5. The fourth-order valence-corrected chi connectivity index (χ4v) is 3.35. The highest BCUT2D eigenvalue weighted by Crippen LogP contribution is 2.13. The summed E-state index contributed by atoms with van der Waals surface area (Å²) in [5.74, 6) is -0.0495. The summed E-state index contributed by atoms with van der Waals surface area (Å²) in [5.41, 5.74) is 3.02. The molecule has 6 nitrogen and oxygen atoms in total. The second-order valence-corrected chi connectivity index (χ2v) is 8.64. The van der Waals surface area contributed by atoms with Crippen LogP contribution in [0.2, 0.25) is 0 Å². The first kappa shape index (κ1) is 22.1. The van der Waals surface area contributed by atoms with E-state index in [1.807, 2.05) is 38.1 Å². The van der Waals surface area contributed by atoms with E-state index in [0.717, 1.165) is 16.7 Å². The number of hydrogen-bond donors (Lipinski definition) is 2. The summed E-state index contributed by atoms with van der Waals surface area (Å²) in [7, 11) is -2.06. The Morgan fingerprint density at radius 3 is 2.29 bits per heavy atom. The molecule has 0 saturated heterocycles. The predicted molar refractivity (Wildman–Crippen MR) is 109 cm³/mol. The first-order valence-corrected chi connectivity index (χ1v) is 10.8. The van der Waals surface area contributed by atoms with E-state index in [1.54, 1.807) is 24.3 Å². The molecule has 0 aliphatic heterocycles. The van der Waals surface area contributed by atoms with Crippen LogP contribution in [0.25, 0.3) is 0 Å². The van der Waals surface area contributed by atoms with Crippen LogP contribution in [0, 0.1) is 0 Å². The van der Waals surface area contributed by atoms with Gasteiger partial charge in [0, 0.05) is 13.0 Å². The molecular formula is C21H28N2O4S. The third-order valence-corrected chi connectivity index (χ3v) is 5.74. The average molecular weight is 405 g/mol. The molecule has 0 fully saturated rings. The van der Waals surface area contributed by atoms with Gasteiger partial charge in [-0.05, 0) is 56.1 Å². The zero-order valence-corrected chi connectivity index (χ0v) is 17.4. The molecule has 0 aromatic heterocycles. The lowest BCUT2D eigenvalue weighted by molar-refractivity contribution is -0.121. The van der Waals surface area contributed by atoms with E-state index < -0.39 is 10.0 Å². The number of rotatable bonds is 10. The Labute approximate surface area is 167 Å². The summed E-state index contributed by atoms with van der Waals surface area (Å²) in [6.07, 6.45) is 1.03. The standard InChI is InChI=1S/C21H28N2O4S/c1-16(2)27-15-19-7-5-4-6-18(19)14-23-21(24)13-10-17-8-11-20(12-9-17)28(25,26)22-3/h4-9,11-12,16,22H,10,13-15H2,1-3H3,(H,23,24). The smallest absolute Gasteiger partial charge is 0.240 e. The molecule has 0 heterocycles. The second kappa shape index (κ2) is 10.4. The Kier molecular flexibility index (Phi) is 8.17. The highest BCUT2D eigenvalue weighted by Gasteiger charge is 2.11. The summed E-state index contributed by atoms with van der Waals surface area (Å²) in [5, 5.41) is 2.94. The van der Waals surface area contributed by atoms with Gasteiger partial charge >= 0.3 is 0 Å². The van der Waals surface area contributed by atoms with E-state index in [9.17, 15) is 13.2 Å². The maximum atomic E-state index is 12.2. The molecule has 7 heteroatoms. The first-order valence-electron chi connectivity index (χ1n) is 9.29. The van der Waals surface area contributed by atoms with Crippen molar-refractivity contribution in [3.8, 4) is 0 Å². The molecule has 28 heavy (non-hydrogen) atoms. The average Bonchev–Trinajstić information content (AvgIpc) is 2.70. The van der Waals surface area contributed by atoms with E-state index in [4.69, 9.17) is 4.74 Å². The Morgan fingerprint density at radius 2 is 1.68 bits per heavy atom. The van der Waals surface area contributed by atoms with Crippen LogP contribution < -0.4 is 10.0 Å². The molecule has 2 aromatic rings. The molecule has 0 radical (unpaired) electrons. The SMILES string of the molecule is CNS(=O)(=O)c1ccc(CCC(=O)NCc2ccccc2COC(C)C)cc1. The molecular weight excluding hydrogens is 376 g/mol. The number of sulfonamides is 1. The van der Waals surface area contributed by atoms with Gasteiger partial charge in [-0.25, -0.2) is 13.1 Å². The van der Waals surface area contributed by atoms with Gasteiger partial charge in [-0.3, -0.25) is 4.79 Å². The Bertz CT molecular complexity index is 878. The van der Waals surface area contributed by atoms with Crippen molar-refractivity contribution in [2.75, 3.05) is 7.05 Å². The van der Waals surface area contributed by atoms with Gasteiger partial charge in [-0.2, -0.15) is 0 Å². The molecule has 152 valence electrons. The van der Waals surface area contributed by atoms with Gasteiger partial charge in [0.25, 0.3) is 0 Å². The van der Waals surface area contributed by atoms with Crippen LogP contribution in [0.4, 0.5) is 0 Å². The summed E-state index contributed by atoms with van der Waals surface area (Å²) in [4.78, 5) is 12.4. The molecule has 0 atom stereocenters. The van der Waals surface area contributed by atoms with Gasteiger partial charge in [0.05, 0.1) is 17.6 Å². The van der Waals surface area contributed by atoms with E-state index in [0.29, 0.717) is 26.0 Å². The van der Waals surface area contributed by atoms with Crippen LogP contribution >= 0.6 is 0 Å². The first-order chi connectivity index (χ1) is 13.3. The van der Waals surface area contributed by atoms with Crippen molar-refractivity contribution < 1.29 is 17.9 Å². The minimum atomic E-state index is -3.44. The quantitative estimate of drug-likeness (QED) is 0.638. The van der Waals surface area contributed by atoms with Gasteiger partial charge in [-0.1, -0.05) is 36.4 Å². The van der Waals surface area contributed by atoms with Crippen molar-refractivity contribution >= 4 is 15.9 Å². The van der Waals surface area contributed by atoms with Crippen LogP contribution in [0.15, 0.2) is 53.4 Å². The molecule has 2 N–H and O–H groups in total. The van der Waals surface area contributed by atoms with Crippen LogP contribution in [0.1, 0.15) is 37.0 Å². The Hall–Kier alpha value is -2.22. The number of aryl methyl sites for hydroxylation is 1. The van der Waals surface area contributed by atoms with Crippen LogP contribution in [0.5, 0.6) is 0 Å². The zero-order chi connectivity index (χ0) is 20.6. The van der Waals surface area contributed by atoms with Crippen LogP contribution in [-0.4, -0.2) is 27.5 Å². The zero-order valence-electron chi connectivity index (χ0n) is 16.6. The van der Waals surface area contributed by atoms with E-state index >= 15 is 0 Å². The highest BCUT2D eigenvalue weighted by molar-refractivity contribution is 7.89. The lowest BCUT2D eigenvalue weighted by atomic mass is 10.1. The van der Waals surface area contributed by atoms with E-state index in [1.165, 1.54) is 7.05 Å². The fourth-order valence-electron chi connectivity index (χ4n) is 2.62. The summed E-state index contributed by atoms with van der Waals surface area (Å²) < 4.78 is 31.4. The second-order valence-electron chi connectivity index (χ2n) is 6.76. The van der Waals surface area contributed by atoms with Crippen molar-refractivity contribution in [2.45, 2.75) is 50.8 Å². The molecule has 2 rings (SSSR count). The van der Waals surface area contributed by atoms with Crippen molar-refractivity contribution in [1.82, 2.24) is 10.0 Å². The van der Waals surface area contributed by atoms with Crippen LogP contribution in [-0.2, 0) is 39.1 Å². The monoisotopic (exact) mass is 404 g/mol. The molecule has 0 unspecified atom stereocenters. The maximum absolute atomic E-state index is 12.2. The van der Waals surface area contributed by atoms with Crippen molar-refractivity contribution in [3.05, 3.63) is 65.2 Å². The van der Waals surface area contributed by atoms with E-state index in [2.05, 4.69) is 10.0 Å². The number of nitrogens with one attached hydrogen (secondary N) is 2. The van der Waals surface area contributed by atoms with Gasteiger partial charge in [0.2, 0.25) is 15.9 Å². The minimum absolute atomic E-state index is 0.0495. The molecule has 0 spiro atoms. The van der Waals surface area contributed by atoms with Gasteiger partial charge in [0.15, 0.2) is 0 Å². The lowest BCUT2D eigenvalue weighted by Crippen LogP contribution is -2.23. The van der Waals surface area contributed by atoms with E-state index in [-0.39, 0.29) is 16.9 Å². The third-order valence-electron chi connectivity index (χ3n) is 4.31. The highest BCUT2D eigenvalue weighted by atomic mass is 32.2. The molecule has 0 saturated carbocycles. The van der Waals surface area contributed by atoms with Crippen molar-refractivity contribution in [3.63, 3.8) is 0 Å². The number of ether oxygens (including phenoxy) is 1. The fraction of sp³-hybridized carbons (Fsp3) is 0.381. The number of carbonyl (C=O) groups is 1. The molecule has 0 aliphatic rings.